The van der Waals surface area contributed by atoms with Crippen LogP contribution in [0.1, 0.15) is 58.9 Å². The Morgan fingerprint density at radius 1 is 0.667 bits per heavy atom. The van der Waals surface area contributed by atoms with Crippen molar-refractivity contribution in [2.24, 2.45) is 4.74 Å². The van der Waals surface area contributed by atoms with Crippen LogP contribution in [0.5, 0.6) is 0 Å². The molecule has 8 nitrogen and oxygen atoms in total. The lowest BCUT2D eigenvalue weighted by Gasteiger charge is -2.27. The third kappa shape index (κ3) is 8.49. The van der Waals surface area contributed by atoms with Crippen molar-refractivity contribution in [1.82, 2.24) is 5.09 Å². The summed E-state index contributed by atoms with van der Waals surface area (Å²) in [7, 11) is -2.47. The second kappa shape index (κ2) is 13.9. The van der Waals surface area contributed by atoms with Gasteiger partial charge in [-0.2, -0.15) is 0 Å². The van der Waals surface area contributed by atoms with Crippen LogP contribution >= 0.6 is 7.21 Å². The molecule has 42 heavy (non-hydrogen) atoms. The van der Waals surface area contributed by atoms with Gasteiger partial charge in [0.15, 0.2) is 0 Å². The van der Waals surface area contributed by atoms with E-state index in [1.807, 2.05) is 43.3 Å². The number of nitrogens with one attached hydrogen (secondary N) is 1. The standard InChI is InChI=1S/C33H33N2O6P/c1-23-6-2-8-25(16-23)20-34-42(22-27-10-5-13-30(19-27)33(40)41,15-14-24-7-3-11-28(17-24)31(36)37)35-21-26-9-4-12-29(18-26)32(38)39/h2-13,16-19,35H,14-15,20-22H2,1H3,(H,36,37)(H,38,39)(H,40,41). The zero-order valence-corrected chi connectivity index (χ0v) is 24.1. The van der Waals surface area contributed by atoms with Gasteiger partial charge in [0.05, 0.1) is 23.2 Å². The number of carboxylic acids is 3. The van der Waals surface area contributed by atoms with Gasteiger partial charge in [-0.25, -0.2) is 14.4 Å². The summed E-state index contributed by atoms with van der Waals surface area (Å²) in [5.74, 6) is -3.02. The zero-order chi connectivity index (χ0) is 30.1. The molecule has 9 heteroatoms. The van der Waals surface area contributed by atoms with Gasteiger partial charge in [-0.15, -0.1) is 0 Å². The Kier molecular flexibility index (Phi) is 10.1. The summed E-state index contributed by atoms with van der Waals surface area (Å²) in [4.78, 5) is 34.9. The van der Waals surface area contributed by atoms with Crippen molar-refractivity contribution >= 4 is 25.1 Å². The quantitative estimate of drug-likeness (QED) is 0.125. The van der Waals surface area contributed by atoms with Gasteiger partial charge in [0.1, 0.15) is 0 Å². The SMILES string of the molecule is Cc1cccc(CN=P(CCc2cccc(C(=O)O)c2)(Cc2cccc(C(=O)O)c2)NCc2cccc(C(=O)O)c2)c1. The Labute approximate surface area is 244 Å². The van der Waals surface area contributed by atoms with Gasteiger partial charge in [0, 0.05) is 19.9 Å². The summed E-state index contributed by atoms with van der Waals surface area (Å²) in [6, 6.07) is 28.5. The number of benzene rings is 4. The van der Waals surface area contributed by atoms with E-state index >= 15 is 0 Å². The van der Waals surface area contributed by atoms with Gasteiger partial charge >= 0.3 is 17.9 Å². The molecule has 0 spiro atoms. The minimum Gasteiger partial charge on any atom is -0.478 e. The van der Waals surface area contributed by atoms with Gasteiger partial charge in [0.2, 0.25) is 0 Å². The maximum atomic E-state index is 11.7. The summed E-state index contributed by atoms with van der Waals surface area (Å²) in [5.41, 5.74) is 5.22. The van der Waals surface area contributed by atoms with Gasteiger partial charge < -0.3 is 15.3 Å². The molecule has 1 atom stereocenters. The van der Waals surface area contributed by atoms with Gasteiger partial charge in [-0.05, 0) is 78.2 Å². The largest absolute Gasteiger partial charge is 0.478 e. The van der Waals surface area contributed by atoms with Crippen LogP contribution in [0.15, 0.2) is 102 Å². The molecular formula is C33H33N2O6P. The maximum Gasteiger partial charge on any atom is 0.335 e. The molecule has 0 radical (unpaired) electrons. The van der Waals surface area contributed by atoms with Crippen LogP contribution < -0.4 is 5.09 Å². The summed E-state index contributed by atoms with van der Waals surface area (Å²) < 4.78 is 5.30. The normalized spacial score (nSPS) is 12.3. The molecule has 0 aliphatic heterocycles. The van der Waals surface area contributed by atoms with Crippen molar-refractivity contribution in [3.05, 3.63) is 142 Å². The van der Waals surface area contributed by atoms with Gasteiger partial charge in [0.25, 0.3) is 0 Å². The number of nitrogens with zero attached hydrogens (tertiary/aromatic N) is 1. The molecule has 4 aromatic carbocycles. The summed E-state index contributed by atoms with van der Waals surface area (Å²) in [5, 5.41) is 32.3. The molecular weight excluding hydrogens is 551 g/mol. The first kappa shape index (κ1) is 30.4. The Morgan fingerprint density at radius 3 is 1.76 bits per heavy atom. The van der Waals surface area contributed by atoms with E-state index in [0.717, 1.165) is 27.8 Å². The minimum absolute atomic E-state index is 0.188. The van der Waals surface area contributed by atoms with Crippen molar-refractivity contribution in [3.63, 3.8) is 0 Å². The highest BCUT2D eigenvalue weighted by atomic mass is 31.2. The predicted octanol–water partition coefficient (Wildman–Crippen LogP) is 6.94. The Bertz CT molecular complexity index is 1600. The number of hydrogen-bond donors (Lipinski definition) is 4. The van der Waals surface area contributed by atoms with E-state index in [1.165, 1.54) is 0 Å². The topological polar surface area (TPSA) is 136 Å². The first-order chi connectivity index (χ1) is 20.1. The third-order valence-electron chi connectivity index (χ3n) is 6.92. The van der Waals surface area contributed by atoms with Crippen molar-refractivity contribution in [3.8, 4) is 0 Å². The molecule has 1 unspecified atom stereocenters. The smallest absolute Gasteiger partial charge is 0.335 e. The lowest BCUT2D eigenvalue weighted by molar-refractivity contribution is 0.0686. The number of carboxylic acid groups (broad SMARTS) is 3. The van der Waals surface area contributed by atoms with Crippen molar-refractivity contribution < 1.29 is 29.7 Å². The predicted molar refractivity (Wildman–Crippen MR) is 164 cm³/mol. The monoisotopic (exact) mass is 584 g/mol. The number of aromatic carboxylic acids is 3. The molecule has 0 heterocycles. The summed E-state index contributed by atoms with van der Waals surface area (Å²) in [6.07, 6.45) is 1.60. The highest BCUT2D eigenvalue weighted by Crippen LogP contribution is 2.50. The van der Waals surface area contributed by atoms with E-state index in [-0.39, 0.29) is 16.7 Å². The minimum atomic E-state index is -2.47. The molecule has 0 bridgehead atoms. The van der Waals surface area contributed by atoms with Gasteiger partial charge in [-0.3, -0.25) is 9.83 Å². The second-order valence-electron chi connectivity index (χ2n) is 10.2. The van der Waals surface area contributed by atoms with Crippen molar-refractivity contribution in [2.75, 3.05) is 6.16 Å². The van der Waals surface area contributed by atoms with Crippen LogP contribution in [0.2, 0.25) is 0 Å². The molecule has 0 aromatic heterocycles. The fourth-order valence-corrected chi connectivity index (χ4v) is 7.85. The molecule has 0 aliphatic rings. The van der Waals surface area contributed by atoms with Gasteiger partial charge in [-0.1, -0.05) is 66.2 Å². The first-order valence-electron chi connectivity index (χ1n) is 13.5. The molecule has 0 saturated heterocycles. The average Bonchev–Trinajstić information content (AvgIpc) is 2.98. The van der Waals surface area contributed by atoms with Crippen molar-refractivity contribution in [2.45, 2.75) is 32.6 Å². The molecule has 216 valence electrons. The summed E-state index contributed by atoms with van der Waals surface area (Å²) in [6.45, 7) is 2.82. The number of carbonyl (C=O) groups is 3. The fraction of sp³-hybridized carbons (Fsp3) is 0.182. The number of hydrogen-bond acceptors (Lipinski definition) is 4. The van der Waals surface area contributed by atoms with Crippen LogP contribution in [0.4, 0.5) is 0 Å². The van der Waals surface area contributed by atoms with E-state index in [1.54, 1.807) is 54.6 Å². The van der Waals surface area contributed by atoms with Crippen molar-refractivity contribution in [1.29, 1.82) is 0 Å². The molecule has 4 N–H and O–H groups in total. The molecule has 0 amide bonds. The van der Waals surface area contributed by atoms with Crippen LogP contribution in [0.25, 0.3) is 0 Å². The zero-order valence-electron chi connectivity index (χ0n) is 23.2. The van der Waals surface area contributed by atoms with Crippen LogP contribution in [0, 0.1) is 6.92 Å². The van der Waals surface area contributed by atoms with E-state index in [2.05, 4.69) is 11.2 Å². The van der Waals surface area contributed by atoms with E-state index < -0.39 is 25.1 Å². The first-order valence-corrected chi connectivity index (χ1v) is 15.6. The van der Waals surface area contributed by atoms with Crippen LogP contribution in [-0.4, -0.2) is 39.4 Å². The molecule has 0 aliphatic carbocycles. The molecule has 4 rings (SSSR count). The van der Waals surface area contributed by atoms with E-state index in [9.17, 15) is 29.7 Å². The van der Waals surface area contributed by atoms with Crippen LogP contribution in [-0.2, 0) is 25.7 Å². The number of rotatable bonds is 13. The Balaban J connectivity index is 1.76. The molecule has 0 fully saturated rings. The average molecular weight is 585 g/mol. The second-order valence-corrected chi connectivity index (χ2v) is 13.4. The Hall–Kier alpha value is -4.52. The highest BCUT2D eigenvalue weighted by molar-refractivity contribution is 7.63. The van der Waals surface area contributed by atoms with Crippen LogP contribution in [0.3, 0.4) is 0 Å². The Morgan fingerprint density at radius 2 is 1.17 bits per heavy atom. The fourth-order valence-electron chi connectivity index (χ4n) is 4.74. The van der Waals surface area contributed by atoms with E-state index in [0.29, 0.717) is 31.8 Å². The molecule has 4 aromatic rings. The lowest BCUT2D eigenvalue weighted by atomic mass is 10.1. The van der Waals surface area contributed by atoms with E-state index in [4.69, 9.17) is 4.74 Å². The third-order valence-corrected chi connectivity index (χ3v) is 10.2. The highest BCUT2D eigenvalue weighted by Gasteiger charge is 2.22. The maximum absolute atomic E-state index is 11.7. The molecule has 0 saturated carbocycles. The lowest BCUT2D eigenvalue weighted by Crippen LogP contribution is -2.17. The number of aryl methyl sites for hydroxylation is 2. The summed E-state index contributed by atoms with van der Waals surface area (Å²) >= 11 is 0.